The molecule has 21 heavy (non-hydrogen) atoms. The lowest BCUT2D eigenvalue weighted by atomic mass is 10.4. The Kier molecular flexibility index (Phi) is 8.48. The predicted octanol–water partition coefficient (Wildman–Crippen LogP) is 0.987. The van der Waals surface area contributed by atoms with E-state index in [4.69, 9.17) is 14.2 Å². The maximum atomic E-state index is 12.2. The molecule has 120 valence electrons. The van der Waals surface area contributed by atoms with E-state index in [0.717, 1.165) is 0 Å². The van der Waals surface area contributed by atoms with Crippen LogP contribution in [0.3, 0.4) is 0 Å². The van der Waals surface area contributed by atoms with Crippen LogP contribution in [0.4, 0.5) is 0 Å². The first-order valence-corrected chi connectivity index (χ1v) is 8.19. The third-order valence-corrected chi connectivity index (χ3v) is 4.68. The highest BCUT2D eigenvalue weighted by Gasteiger charge is 2.19. The van der Waals surface area contributed by atoms with Crippen molar-refractivity contribution in [2.45, 2.75) is 4.90 Å². The highest BCUT2D eigenvalue weighted by molar-refractivity contribution is 7.89. The summed E-state index contributed by atoms with van der Waals surface area (Å²) in [5.41, 5.74) is 0. The van der Waals surface area contributed by atoms with E-state index in [1.54, 1.807) is 44.5 Å². The van der Waals surface area contributed by atoms with E-state index < -0.39 is 10.0 Å². The van der Waals surface area contributed by atoms with Crippen molar-refractivity contribution in [1.82, 2.24) is 4.31 Å². The number of hydrogen-bond donors (Lipinski definition) is 0. The SMILES string of the molecule is COCCOCCOCCN(C)S(=O)(=O)c1ccccc1. The fourth-order valence-corrected chi connectivity index (χ4v) is 2.73. The Bertz CT molecular complexity index is 477. The molecule has 7 heteroatoms. The van der Waals surface area contributed by atoms with Crippen LogP contribution in [0.1, 0.15) is 0 Å². The first-order valence-electron chi connectivity index (χ1n) is 6.75. The summed E-state index contributed by atoms with van der Waals surface area (Å²) >= 11 is 0. The topological polar surface area (TPSA) is 65.1 Å². The molecule has 0 atom stereocenters. The van der Waals surface area contributed by atoms with Crippen LogP contribution in [0.25, 0.3) is 0 Å². The molecular weight excluding hydrogens is 294 g/mol. The summed E-state index contributed by atoms with van der Waals surface area (Å²) < 4.78 is 41.1. The monoisotopic (exact) mass is 317 g/mol. The smallest absolute Gasteiger partial charge is 0.242 e. The number of benzene rings is 1. The molecule has 0 aromatic heterocycles. The van der Waals surface area contributed by atoms with Gasteiger partial charge in [-0.05, 0) is 12.1 Å². The number of ether oxygens (including phenoxy) is 3. The Morgan fingerprint density at radius 3 is 2.14 bits per heavy atom. The van der Waals surface area contributed by atoms with Crippen molar-refractivity contribution in [2.75, 3.05) is 53.7 Å². The van der Waals surface area contributed by atoms with Gasteiger partial charge in [-0.2, -0.15) is 4.31 Å². The highest BCUT2D eigenvalue weighted by atomic mass is 32.2. The van der Waals surface area contributed by atoms with Crippen molar-refractivity contribution in [1.29, 1.82) is 0 Å². The number of hydrogen-bond acceptors (Lipinski definition) is 5. The summed E-state index contributed by atoms with van der Waals surface area (Å²) in [4.78, 5) is 0.287. The highest BCUT2D eigenvalue weighted by Crippen LogP contribution is 2.12. The van der Waals surface area contributed by atoms with Gasteiger partial charge in [-0.15, -0.1) is 0 Å². The standard InChI is InChI=1S/C14H23NO5S/c1-15(8-9-19-12-13-20-11-10-18-2)21(16,17)14-6-4-3-5-7-14/h3-7H,8-13H2,1-2H3. The second-order valence-electron chi connectivity index (χ2n) is 4.36. The normalized spacial score (nSPS) is 12.0. The van der Waals surface area contributed by atoms with Gasteiger partial charge in [-0.25, -0.2) is 8.42 Å². The lowest BCUT2D eigenvalue weighted by Gasteiger charge is -2.17. The molecule has 0 aliphatic rings. The molecular formula is C14H23NO5S. The molecule has 0 bridgehead atoms. The van der Waals surface area contributed by atoms with Gasteiger partial charge in [0.15, 0.2) is 0 Å². The van der Waals surface area contributed by atoms with Gasteiger partial charge in [0, 0.05) is 20.7 Å². The van der Waals surface area contributed by atoms with Gasteiger partial charge >= 0.3 is 0 Å². The summed E-state index contributed by atoms with van der Waals surface area (Å²) in [5.74, 6) is 0. The van der Waals surface area contributed by atoms with E-state index >= 15 is 0 Å². The van der Waals surface area contributed by atoms with Crippen molar-refractivity contribution in [3.63, 3.8) is 0 Å². The first kappa shape index (κ1) is 18.1. The minimum Gasteiger partial charge on any atom is -0.382 e. The van der Waals surface area contributed by atoms with Crippen LogP contribution in [-0.4, -0.2) is 66.5 Å². The van der Waals surface area contributed by atoms with E-state index in [2.05, 4.69) is 0 Å². The summed E-state index contributed by atoms with van der Waals surface area (Å²) in [7, 11) is -0.282. The van der Waals surface area contributed by atoms with Crippen LogP contribution < -0.4 is 0 Å². The maximum Gasteiger partial charge on any atom is 0.242 e. The van der Waals surface area contributed by atoms with Gasteiger partial charge in [0.1, 0.15) is 0 Å². The number of sulfonamides is 1. The van der Waals surface area contributed by atoms with Gasteiger partial charge in [0.25, 0.3) is 0 Å². The quantitative estimate of drug-likeness (QED) is 0.569. The Balaban J connectivity index is 2.23. The average Bonchev–Trinajstić information content (AvgIpc) is 2.50. The maximum absolute atomic E-state index is 12.2. The van der Waals surface area contributed by atoms with Gasteiger partial charge in [0.2, 0.25) is 10.0 Å². The molecule has 0 unspecified atom stereocenters. The van der Waals surface area contributed by atoms with E-state index in [0.29, 0.717) is 39.6 Å². The van der Waals surface area contributed by atoms with Crippen LogP contribution in [0.15, 0.2) is 35.2 Å². The molecule has 0 N–H and O–H groups in total. The summed E-state index contributed by atoms with van der Waals surface area (Å²) in [6.45, 7) is 2.62. The van der Waals surface area contributed by atoms with Crippen molar-refractivity contribution in [3.8, 4) is 0 Å². The van der Waals surface area contributed by atoms with Gasteiger partial charge in [-0.1, -0.05) is 18.2 Å². The van der Waals surface area contributed by atoms with Crippen molar-refractivity contribution < 1.29 is 22.6 Å². The van der Waals surface area contributed by atoms with Gasteiger partial charge < -0.3 is 14.2 Å². The van der Waals surface area contributed by atoms with Gasteiger partial charge in [0.05, 0.1) is 37.9 Å². The molecule has 0 saturated carbocycles. The number of rotatable bonds is 11. The molecule has 1 rings (SSSR count). The molecule has 0 aliphatic heterocycles. The second-order valence-corrected chi connectivity index (χ2v) is 6.40. The summed E-state index contributed by atoms with van der Waals surface area (Å²) in [5, 5.41) is 0. The molecule has 0 aliphatic carbocycles. The molecule has 0 saturated heterocycles. The molecule has 0 fully saturated rings. The van der Waals surface area contributed by atoms with Crippen molar-refractivity contribution in [2.24, 2.45) is 0 Å². The Morgan fingerprint density at radius 1 is 0.952 bits per heavy atom. The van der Waals surface area contributed by atoms with E-state index in [-0.39, 0.29) is 4.90 Å². The molecule has 1 aromatic carbocycles. The fraction of sp³-hybridized carbons (Fsp3) is 0.571. The minimum atomic E-state index is -3.44. The zero-order chi connectivity index (χ0) is 15.6. The predicted molar refractivity (Wildman–Crippen MR) is 79.8 cm³/mol. The lowest BCUT2D eigenvalue weighted by molar-refractivity contribution is 0.0236. The van der Waals surface area contributed by atoms with E-state index in [1.165, 1.54) is 4.31 Å². The van der Waals surface area contributed by atoms with Crippen LogP contribution in [0, 0.1) is 0 Å². The molecule has 1 aromatic rings. The second kappa shape index (κ2) is 9.86. The van der Waals surface area contributed by atoms with Crippen LogP contribution >= 0.6 is 0 Å². The Labute approximate surface area is 126 Å². The van der Waals surface area contributed by atoms with Crippen molar-refractivity contribution >= 4 is 10.0 Å². The summed E-state index contributed by atoms with van der Waals surface area (Å²) in [6.07, 6.45) is 0. The van der Waals surface area contributed by atoms with Crippen LogP contribution in [0.2, 0.25) is 0 Å². The first-order chi connectivity index (χ1) is 10.1. The Morgan fingerprint density at radius 2 is 1.52 bits per heavy atom. The number of likely N-dealkylation sites (N-methyl/N-ethyl adjacent to an activating group) is 1. The largest absolute Gasteiger partial charge is 0.382 e. The number of nitrogens with zero attached hydrogens (tertiary/aromatic N) is 1. The van der Waals surface area contributed by atoms with Gasteiger partial charge in [-0.3, -0.25) is 0 Å². The zero-order valence-electron chi connectivity index (χ0n) is 12.5. The van der Waals surface area contributed by atoms with Crippen molar-refractivity contribution in [3.05, 3.63) is 30.3 Å². The summed E-state index contributed by atoms with van der Waals surface area (Å²) in [6, 6.07) is 8.35. The van der Waals surface area contributed by atoms with E-state index in [1.807, 2.05) is 0 Å². The molecule has 6 nitrogen and oxygen atoms in total. The molecule has 0 spiro atoms. The van der Waals surface area contributed by atoms with Crippen LogP contribution in [0.5, 0.6) is 0 Å². The minimum absolute atomic E-state index is 0.287. The van der Waals surface area contributed by atoms with E-state index in [9.17, 15) is 8.42 Å². The average molecular weight is 317 g/mol. The third kappa shape index (κ3) is 6.54. The Hall–Kier alpha value is -0.990. The molecule has 0 heterocycles. The molecule has 0 radical (unpaired) electrons. The lowest BCUT2D eigenvalue weighted by Crippen LogP contribution is -2.30. The zero-order valence-corrected chi connectivity index (χ0v) is 13.3. The third-order valence-electron chi connectivity index (χ3n) is 2.81. The van der Waals surface area contributed by atoms with Crippen LogP contribution in [-0.2, 0) is 24.2 Å². The molecule has 0 amide bonds. The number of methoxy groups -OCH3 is 1. The fourth-order valence-electron chi connectivity index (χ4n) is 1.55.